The largest absolute Gasteiger partial charge is 0.341 e. The summed E-state index contributed by atoms with van der Waals surface area (Å²) in [5.41, 5.74) is 1.63. The predicted octanol–water partition coefficient (Wildman–Crippen LogP) is 1.69. The van der Waals surface area contributed by atoms with Crippen molar-refractivity contribution in [3.63, 3.8) is 0 Å². The molecule has 1 fully saturated rings. The van der Waals surface area contributed by atoms with E-state index in [-0.39, 0.29) is 24.1 Å². The van der Waals surface area contributed by atoms with E-state index >= 15 is 0 Å². The Kier molecular flexibility index (Phi) is 6.35. The van der Waals surface area contributed by atoms with E-state index in [1.165, 1.54) is 13.0 Å². The molecule has 0 aromatic heterocycles. The Morgan fingerprint density at radius 3 is 2.41 bits per heavy atom. The lowest BCUT2D eigenvalue weighted by Crippen LogP contribution is -3.13. The molecule has 4 nitrogen and oxygen atoms in total. The van der Waals surface area contributed by atoms with Gasteiger partial charge >= 0.3 is 0 Å². The minimum absolute atomic E-state index is 0.0609. The van der Waals surface area contributed by atoms with Gasteiger partial charge in [0.15, 0.2) is 12.3 Å². The molecule has 0 radical (unpaired) electrons. The number of quaternary nitrogens is 1. The molecule has 0 aliphatic heterocycles. The fourth-order valence-corrected chi connectivity index (χ4v) is 3.33. The monoisotopic (exact) mass is 369 g/mol. The molecule has 2 atom stereocenters. The molecule has 2 aromatic carbocycles. The average molecular weight is 369 g/mol. The third kappa shape index (κ3) is 5.73. The average Bonchev–Trinajstić information content (AvgIpc) is 3.48. The van der Waals surface area contributed by atoms with Crippen LogP contribution in [-0.2, 0) is 22.6 Å². The van der Waals surface area contributed by atoms with Crippen molar-refractivity contribution < 1.29 is 18.9 Å². The van der Waals surface area contributed by atoms with Crippen LogP contribution in [0, 0.1) is 5.82 Å². The van der Waals surface area contributed by atoms with Crippen molar-refractivity contribution in [1.29, 1.82) is 0 Å². The first-order valence-electron chi connectivity index (χ1n) is 9.44. The Morgan fingerprint density at radius 1 is 1.11 bits per heavy atom. The van der Waals surface area contributed by atoms with E-state index in [9.17, 15) is 14.0 Å². The first-order chi connectivity index (χ1) is 13.0. The molecular weight excluding hydrogens is 343 g/mol. The number of carbonyl (C=O) groups is 2. The number of hydrogen-bond donors (Lipinski definition) is 2. The van der Waals surface area contributed by atoms with E-state index in [0.717, 1.165) is 23.3 Å². The van der Waals surface area contributed by atoms with E-state index in [4.69, 9.17) is 0 Å². The molecule has 0 heterocycles. The number of hydrogen-bond acceptors (Lipinski definition) is 2. The molecule has 0 saturated heterocycles. The summed E-state index contributed by atoms with van der Waals surface area (Å²) in [6.07, 6.45) is 2.59. The van der Waals surface area contributed by atoms with Crippen LogP contribution >= 0.6 is 0 Å². The number of ketones is 1. The Morgan fingerprint density at radius 2 is 1.78 bits per heavy atom. The molecule has 142 valence electrons. The highest BCUT2D eigenvalue weighted by atomic mass is 19.1. The first kappa shape index (κ1) is 19.2. The van der Waals surface area contributed by atoms with Crippen molar-refractivity contribution in [2.24, 2.45) is 0 Å². The SMILES string of the molecule is CC(=O)[C@@H](Cc1ccccc1)NC(=O)C[NH+](Cc1ccccc1F)C1CC1. The highest BCUT2D eigenvalue weighted by Crippen LogP contribution is 2.16. The van der Waals surface area contributed by atoms with Crippen LogP contribution in [0.25, 0.3) is 0 Å². The first-order valence-corrected chi connectivity index (χ1v) is 9.44. The van der Waals surface area contributed by atoms with Gasteiger partial charge in [-0.25, -0.2) is 4.39 Å². The number of amides is 1. The van der Waals surface area contributed by atoms with Crippen LogP contribution in [0.4, 0.5) is 4.39 Å². The molecule has 1 saturated carbocycles. The van der Waals surface area contributed by atoms with Gasteiger partial charge in [0.25, 0.3) is 5.91 Å². The van der Waals surface area contributed by atoms with E-state index in [1.54, 1.807) is 12.1 Å². The maximum Gasteiger partial charge on any atom is 0.275 e. The number of Topliss-reactive ketones (excluding diaryl/α,β-unsaturated/α-hetero) is 1. The van der Waals surface area contributed by atoms with Gasteiger partial charge in [0.2, 0.25) is 0 Å². The number of nitrogens with one attached hydrogen (secondary N) is 2. The standard InChI is InChI=1S/C22H25FN2O2/c1-16(26)21(13-17-7-3-2-4-8-17)24-22(27)15-25(19-11-12-19)14-18-9-5-6-10-20(18)23/h2-10,19,21H,11-15H2,1H3,(H,24,27)/p+1/t21-/m1/s1. The molecule has 1 aliphatic carbocycles. The van der Waals surface area contributed by atoms with Gasteiger partial charge in [0.1, 0.15) is 12.4 Å². The molecule has 0 spiro atoms. The van der Waals surface area contributed by atoms with Crippen molar-refractivity contribution in [3.05, 3.63) is 71.5 Å². The smallest absolute Gasteiger partial charge is 0.275 e. The fraction of sp³-hybridized carbons (Fsp3) is 0.364. The normalized spacial score (nSPS) is 15.8. The zero-order valence-corrected chi connectivity index (χ0v) is 15.6. The Hall–Kier alpha value is -2.53. The van der Waals surface area contributed by atoms with Gasteiger partial charge in [-0.2, -0.15) is 0 Å². The van der Waals surface area contributed by atoms with E-state index in [2.05, 4.69) is 5.32 Å². The second-order valence-electron chi connectivity index (χ2n) is 7.30. The van der Waals surface area contributed by atoms with Crippen LogP contribution in [0.1, 0.15) is 30.9 Å². The number of benzene rings is 2. The molecule has 2 aromatic rings. The maximum absolute atomic E-state index is 14.0. The van der Waals surface area contributed by atoms with Gasteiger partial charge in [-0.3, -0.25) is 9.59 Å². The van der Waals surface area contributed by atoms with Crippen molar-refractivity contribution in [2.75, 3.05) is 6.54 Å². The zero-order chi connectivity index (χ0) is 19.2. The second kappa shape index (κ2) is 8.91. The minimum Gasteiger partial charge on any atom is -0.341 e. The number of rotatable bonds is 9. The summed E-state index contributed by atoms with van der Waals surface area (Å²) in [7, 11) is 0. The molecular formula is C22H26FN2O2+. The van der Waals surface area contributed by atoms with Crippen molar-refractivity contribution >= 4 is 11.7 Å². The quantitative estimate of drug-likeness (QED) is 0.707. The molecule has 5 heteroatoms. The summed E-state index contributed by atoms with van der Waals surface area (Å²) in [5.74, 6) is -0.458. The Labute approximate surface area is 159 Å². The highest BCUT2D eigenvalue weighted by Gasteiger charge is 2.35. The number of halogens is 1. The molecule has 1 aliphatic rings. The third-order valence-electron chi connectivity index (χ3n) is 5.03. The Balaban J connectivity index is 1.61. The number of carbonyl (C=O) groups excluding carboxylic acids is 2. The van der Waals surface area contributed by atoms with Gasteiger partial charge in [-0.1, -0.05) is 48.5 Å². The molecule has 0 bridgehead atoms. The summed E-state index contributed by atoms with van der Waals surface area (Å²) in [4.78, 5) is 25.6. The summed E-state index contributed by atoms with van der Waals surface area (Å²) >= 11 is 0. The molecule has 3 rings (SSSR count). The lowest BCUT2D eigenvalue weighted by molar-refractivity contribution is -0.917. The maximum atomic E-state index is 14.0. The lowest BCUT2D eigenvalue weighted by Gasteiger charge is -2.21. The van der Waals surface area contributed by atoms with Crippen molar-refractivity contribution in [1.82, 2.24) is 5.32 Å². The Bertz CT molecular complexity index is 790. The van der Waals surface area contributed by atoms with Gasteiger partial charge in [-0.05, 0) is 25.0 Å². The van der Waals surface area contributed by atoms with Crippen LogP contribution < -0.4 is 10.2 Å². The zero-order valence-electron chi connectivity index (χ0n) is 15.6. The van der Waals surface area contributed by atoms with E-state index in [1.807, 2.05) is 36.4 Å². The van der Waals surface area contributed by atoms with E-state index in [0.29, 0.717) is 24.6 Å². The minimum atomic E-state index is -0.534. The van der Waals surface area contributed by atoms with Gasteiger partial charge in [0.05, 0.1) is 12.1 Å². The predicted molar refractivity (Wildman–Crippen MR) is 102 cm³/mol. The topological polar surface area (TPSA) is 50.6 Å². The summed E-state index contributed by atoms with van der Waals surface area (Å²) < 4.78 is 14.0. The molecule has 1 unspecified atom stereocenters. The second-order valence-corrected chi connectivity index (χ2v) is 7.30. The lowest BCUT2D eigenvalue weighted by atomic mass is 10.0. The van der Waals surface area contributed by atoms with Gasteiger partial charge in [-0.15, -0.1) is 0 Å². The summed E-state index contributed by atoms with van der Waals surface area (Å²) in [6.45, 7) is 2.23. The molecule has 27 heavy (non-hydrogen) atoms. The van der Waals surface area contributed by atoms with Crippen LogP contribution in [-0.4, -0.2) is 30.3 Å². The van der Waals surface area contributed by atoms with Crippen LogP contribution in [0.3, 0.4) is 0 Å². The molecule has 1 amide bonds. The van der Waals surface area contributed by atoms with Crippen molar-refractivity contribution in [2.45, 2.75) is 44.8 Å². The third-order valence-corrected chi connectivity index (χ3v) is 5.03. The van der Waals surface area contributed by atoms with Crippen LogP contribution in [0.15, 0.2) is 54.6 Å². The molecule has 2 N–H and O–H groups in total. The van der Waals surface area contributed by atoms with Crippen LogP contribution in [0.2, 0.25) is 0 Å². The van der Waals surface area contributed by atoms with E-state index < -0.39 is 6.04 Å². The summed E-state index contributed by atoms with van der Waals surface area (Å²) in [5, 5.41) is 2.88. The highest BCUT2D eigenvalue weighted by molar-refractivity contribution is 5.88. The van der Waals surface area contributed by atoms with Crippen LogP contribution in [0.5, 0.6) is 0 Å². The fourth-order valence-electron chi connectivity index (χ4n) is 3.33. The van der Waals surface area contributed by atoms with Gasteiger partial charge < -0.3 is 10.2 Å². The van der Waals surface area contributed by atoms with Gasteiger partial charge in [0, 0.05) is 18.4 Å². The summed E-state index contributed by atoms with van der Waals surface area (Å²) in [6, 6.07) is 16.2. The van der Waals surface area contributed by atoms with Crippen molar-refractivity contribution in [3.8, 4) is 0 Å².